The molecule has 1 heterocycles. The van der Waals surface area contributed by atoms with Crippen LogP contribution in [0.25, 0.3) is 11.0 Å². The summed E-state index contributed by atoms with van der Waals surface area (Å²) in [5.41, 5.74) is 8.48. The number of rotatable bonds is 4. The van der Waals surface area contributed by atoms with Gasteiger partial charge in [0, 0.05) is 25.0 Å². The van der Waals surface area contributed by atoms with Gasteiger partial charge in [0.05, 0.1) is 11.0 Å². The summed E-state index contributed by atoms with van der Waals surface area (Å²) in [5.74, 6) is 2.45. The number of imidazole rings is 1. The summed E-state index contributed by atoms with van der Waals surface area (Å²) in [6.07, 6.45) is 5.61. The molecule has 5 nitrogen and oxygen atoms in total. The molecule has 0 radical (unpaired) electrons. The first-order chi connectivity index (χ1) is 12.1. The van der Waals surface area contributed by atoms with Gasteiger partial charge in [0.15, 0.2) is 0 Å². The highest BCUT2D eigenvalue weighted by Gasteiger charge is 2.40. The van der Waals surface area contributed by atoms with Gasteiger partial charge < -0.3 is 15.6 Å². The minimum absolute atomic E-state index is 0. The molecule has 2 aliphatic rings. The topological polar surface area (TPSA) is 72.9 Å². The van der Waals surface area contributed by atoms with Crippen LogP contribution in [0.15, 0.2) is 24.3 Å². The Labute approximate surface area is 173 Å². The van der Waals surface area contributed by atoms with Gasteiger partial charge in [-0.1, -0.05) is 18.6 Å². The van der Waals surface area contributed by atoms with E-state index in [1.165, 1.54) is 19.3 Å². The van der Waals surface area contributed by atoms with E-state index < -0.39 is 0 Å². The van der Waals surface area contributed by atoms with Crippen LogP contribution in [-0.2, 0) is 11.3 Å². The molecule has 0 spiro atoms. The molecule has 0 saturated heterocycles. The maximum atomic E-state index is 12.6. The van der Waals surface area contributed by atoms with Crippen molar-refractivity contribution < 1.29 is 4.79 Å². The van der Waals surface area contributed by atoms with Crippen molar-refractivity contribution in [2.24, 2.45) is 23.5 Å². The largest absolute Gasteiger partial charge is 0.354 e. The highest BCUT2D eigenvalue weighted by atomic mass is 35.5. The molecule has 1 aromatic carbocycles. The molecule has 27 heavy (non-hydrogen) atoms. The Morgan fingerprint density at radius 2 is 1.89 bits per heavy atom. The average molecular weight is 413 g/mol. The van der Waals surface area contributed by atoms with E-state index in [1.54, 1.807) is 0 Å². The molecule has 150 valence electrons. The van der Waals surface area contributed by atoms with E-state index in [-0.39, 0.29) is 36.6 Å². The fourth-order valence-corrected chi connectivity index (χ4v) is 4.92. The number of halogens is 2. The first kappa shape index (κ1) is 22.0. The minimum atomic E-state index is 0. The second kappa shape index (κ2) is 9.26. The molecule has 2 saturated carbocycles. The van der Waals surface area contributed by atoms with Crippen LogP contribution in [0.2, 0.25) is 0 Å². The Balaban J connectivity index is 0.00000131. The molecule has 2 aliphatic carbocycles. The molecular formula is C20H30Cl2N4O. The van der Waals surface area contributed by atoms with Gasteiger partial charge >= 0.3 is 0 Å². The van der Waals surface area contributed by atoms with Gasteiger partial charge in [-0.25, -0.2) is 4.98 Å². The van der Waals surface area contributed by atoms with Crippen LogP contribution in [0.5, 0.6) is 0 Å². The quantitative estimate of drug-likeness (QED) is 0.807. The summed E-state index contributed by atoms with van der Waals surface area (Å²) in [7, 11) is 0. The normalized spacial score (nSPS) is 26.7. The molecule has 3 N–H and O–H groups in total. The van der Waals surface area contributed by atoms with Crippen molar-refractivity contribution in [3.8, 4) is 0 Å². The number of nitrogens with one attached hydrogen (secondary N) is 1. The number of benzene rings is 1. The number of aromatic nitrogens is 2. The third kappa shape index (κ3) is 4.41. The number of carbonyl (C=O) groups is 1. The van der Waals surface area contributed by atoms with E-state index in [0.717, 1.165) is 36.2 Å². The van der Waals surface area contributed by atoms with Gasteiger partial charge in [0.2, 0.25) is 5.91 Å². The molecule has 0 aliphatic heterocycles. The zero-order chi connectivity index (χ0) is 17.4. The number of aryl methyl sites for hydroxylation is 1. The second-order valence-electron chi connectivity index (χ2n) is 7.79. The van der Waals surface area contributed by atoms with E-state index in [1.807, 2.05) is 25.1 Å². The van der Waals surface area contributed by atoms with Crippen LogP contribution in [0.3, 0.4) is 0 Å². The van der Waals surface area contributed by atoms with Gasteiger partial charge in [0.25, 0.3) is 0 Å². The average Bonchev–Trinajstić information content (AvgIpc) is 2.90. The third-order valence-corrected chi connectivity index (χ3v) is 6.26. The van der Waals surface area contributed by atoms with E-state index in [2.05, 4.69) is 20.9 Å². The summed E-state index contributed by atoms with van der Waals surface area (Å²) >= 11 is 0. The lowest BCUT2D eigenvalue weighted by Gasteiger charge is -2.43. The van der Waals surface area contributed by atoms with Crippen LogP contribution in [-0.4, -0.2) is 28.0 Å². The van der Waals surface area contributed by atoms with Crippen LogP contribution >= 0.6 is 24.8 Å². The predicted molar refractivity (Wildman–Crippen MR) is 114 cm³/mol. The summed E-state index contributed by atoms with van der Waals surface area (Å²) in [5, 5.41) is 3.16. The molecule has 4 rings (SSSR count). The first-order valence-electron chi connectivity index (χ1n) is 9.58. The number of nitrogens with two attached hydrogens (primary N) is 1. The maximum Gasteiger partial charge on any atom is 0.223 e. The van der Waals surface area contributed by atoms with Crippen LogP contribution in [0.4, 0.5) is 0 Å². The van der Waals surface area contributed by atoms with Crippen LogP contribution in [0.1, 0.15) is 37.9 Å². The van der Waals surface area contributed by atoms with Crippen molar-refractivity contribution in [3.63, 3.8) is 0 Å². The van der Waals surface area contributed by atoms with Crippen molar-refractivity contribution in [1.29, 1.82) is 0 Å². The fourth-order valence-electron chi connectivity index (χ4n) is 4.92. The molecule has 2 unspecified atom stereocenters. The summed E-state index contributed by atoms with van der Waals surface area (Å²) in [6, 6.07) is 8.47. The number of para-hydroxylation sites is 2. The maximum absolute atomic E-state index is 12.6. The number of hydrogen-bond acceptors (Lipinski definition) is 3. The van der Waals surface area contributed by atoms with Crippen molar-refractivity contribution >= 4 is 41.8 Å². The molecule has 2 atom stereocenters. The lowest BCUT2D eigenvalue weighted by Crippen LogP contribution is -2.49. The van der Waals surface area contributed by atoms with Crippen molar-refractivity contribution in [1.82, 2.24) is 14.9 Å². The molecule has 1 aromatic heterocycles. The lowest BCUT2D eigenvalue weighted by molar-refractivity contribution is -0.127. The van der Waals surface area contributed by atoms with Crippen LogP contribution < -0.4 is 11.1 Å². The monoisotopic (exact) mass is 412 g/mol. The third-order valence-electron chi connectivity index (χ3n) is 6.26. The minimum Gasteiger partial charge on any atom is -0.354 e. The Kier molecular flexibility index (Phi) is 7.55. The molecule has 2 bridgehead atoms. The molecule has 1 amide bonds. The molecule has 2 fully saturated rings. The van der Waals surface area contributed by atoms with E-state index in [9.17, 15) is 4.79 Å². The Morgan fingerprint density at radius 3 is 2.59 bits per heavy atom. The number of hydrogen-bond donors (Lipinski definition) is 2. The summed E-state index contributed by atoms with van der Waals surface area (Å²) in [4.78, 5) is 17.2. The number of nitrogens with zero attached hydrogens (tertiary/aromatic N) is 2. The van der Waals surface area contributed by atoms with Crippen LogP contribution in [0, 0.1) is 24.7 Å². The number of amides is 1. The molecular weight excluding hydrogens is 383 g/mol. The van der Waals surface area contributed by atoms with E-state index in [0.29, 0.717) is 24.4 Å². The van der Waals surface area contributed by atoms with E-state index in [4.69, 9.17) is 5.73 Å². The van der Waals surface area contributed by atoms with Crippen molar-refractivity contribution in [3.05, 3.63) is 30.1 Å². The first-order valence-corrected chi connectivity index (χ1v) is 9.58. The number of fused-ring (bicyclic) bond motifs is 3. The van der Waals surface area contributed by atoms with Gasteiger partial charge in [-0.3, -0.25) is 4.79 Å². The smallest absolute Gasteiger partial charge is 0.223 e. The summed E-state index contributed by atoms with van der Waals surface area (Å²) in [6.45, 7) is 3.43. The predicted octanol–water partition coefficient (Wildman–Crippen LogP) is 3.46. The van der Waals surface area contributed by atoms with Crippen molar-refractivity contribution in [2.45, 2.75) is 51.6 Å². The Bertz CT molecular complexity index is 764. The van der Waals surface area contributed by atoms with Gasteiger partial charge in [0.1, 0.15) is 5.82 Å². The summed E-state index contributed by atoms with van der Waals surface area (Å²) < 4.78 is 2.18. The van der Waals surface area contributed by atoms with Gasteiger partial charge in [-0.05, 0) is 56.6 Å². The lowest BCUT2D eigenvalue weighted by atomic mass is 9.65. The van der Waals surface area contributed by atoms with Gasteiger partial charge in [-0.2, -0.15) is 0 Å². The van der Waals surface area contributed by atoms with Crippen molar-refractivity contribution in [2.75, 3.05) is 6.54 Å². The second-order valence-corrected chi connectivity index (χ2v) is 7.79. The standard InChI is InChI=1S/C20H28N4O.2ClH/c1-13-23-17-7-2-3-8-18(17)24(13)10-9-22-20(25)16-11-14-5-4-6-15(12-16)19(14)21;;/h2-3,7-8,14-16,19H,4-6,9-12,21H2,1H3,(H,22,25);2*1H. The SMILES string of the molecule is Cc1nc2ccccc2n1CCNC(=O)C1CC2CCCC(C1)C2N.Cl.Cl. The Hall–Kier alpha value is -1.30. The van der Waals surface area contributed by atoms with Gasteiger partial charge in [-0.15, -0.1) is 24.8 Å². The van der Waals surface area contributed by atoms with E-state index >= 15 is 0 Å². The number of carbonyl (C=O) groups excluding carboxylic acids is 1. The molecule has 7 heteroatoms. The zero-order valence-electron chi connectivity index (χ0n) is 15.8. The Morgan fingerprint density at radius 1 is 1.22 bits per heavy atom. The fraction of sp³-hybridized carbons (Fsp3) is 0.600. The highest BCUT2D eigenvalue weighted by molar-refractivity contribution is 5.85. The zero-order valence-corrected chi connectivity index (χ0v) is 17.4. The molecule has 2 aromatic rings. The highest BCUT2D eigenvalue weighted by Crippen LogP contribution is 2.41.